The molecule has 0 atom stereocenters. The average Bonchev–Trinajstić information content (AvgIpc) is 2.67. The van der Waals surface area contributed by atoms with Crippen LogP contribution in [0.5, 0.6) is 0 Å². The van der Waals surface area contributed by atoms with Crippen LogP contribution in [-0.4, -0.2) is 49.8 Å². The van der Waals surface area contributed by atoms with Crippen molar-refractivity contribution in [3.63, 3.8) is 0 Å². The summed E-state index contributed by atoms with van der Waals surface area (Å²) in [5.41, 5.74) is 2.11. The number of nitrogens with zero attached hydrogens (tertiary/aromatic N) is 2. The monoisotopic (exact) mass is 369 g/mol. The van der Waals surface area contributed by atoms with Crippen molar-refractivity contribution in [2.24, 2.45) is 0 Å². The highest BCUT2D eigenvalue weighted by molar-refractivity contribution is 7.99. The Morgan fingerprint density at radius 1 is 1.00 bits per heavy atom. The van der Waals surface area contributed by atoms with Crippen LogP contribution < -0.4 is 10.2 Å². The third kappa shape index (κ3) is 5.78. The van der Waals surface area contributed by atoms with E-state index >= 15 is 0 Å². The number of thioether (sulfide) groups is 1. The lowest BCUT2D eigenvalue weighted by Crippen LogP contribution is -2.44. The van der Waals surface area contributed by atoms with Crippen molar-refractivity contribution in [3.05, 3.63) is 54.6 Å². The Morgan fingerprint density at radius 3 is 2.38 bits per heavy atom. The Bertz CT molecular complexity index is 682. The van der Waals surface area contributed by atoms with E-state index in [0.29, 0.717) is 6.42 Å². The molecule has 1 aliphatic heterocycles. The maximum absolute atomic E-state index is 12.1. The van der Waals surface area contributed by atoms with Gasteiger partial charge in [0.15, 0.2) is 0 Å². The zero-order valence-electron chi connectivity index (χ0n) is 15.4. The van der Waals surface area contributed by atoms with Gasteiger partial charge in [-0.1, -0.05) is 18.2 Å². The van der Waals surface area contributed by atoms with Crippen LogP contribution in [0.15, 0.2) is 59.5 Å². The summed E-state index contributed by atoms with van der Waals surface area (Å²) in [6, 6.07) is 18.5. The maximum atomic E-state index is 12.1. The Balaban J connectivity index is 1.38. The van der Waals surface area contributed by atoms with E-state index in [0.717, 1.165) is 44.0 Å². The van der Waals surface area contributed by atoms with Gasteiger partial charge in [-0.3, -0.25) is 4.79 Å². The highest BCUT2D eigenvalue weighted by Gasteiger charge is 2.14. The molecule has 0 bridgehead atoms. The lowest BCUT2D eigenvalue weighted by Gasteiger charge is -2.34. The lowest BCUT2D eigenvalue weighted by atomic mass is 10.2. The Labute approximate surface area is 160 Å². The minimum absolute atomic E-state index is 0.0889. The Kier molecular flexibility index (Phi) is 6.97. The second-order valence-corrected chi connectivity index (χ2v) is 7.82. The number of likely N-dealkylation sites (N-methyl/N-ethyl adjacent to an activating group) is 1. The number of hydrogen-bond donors (Lipinski definition) is 1. The summed E-state index contributed by atoms with van der Waals surface area (Å²) in [5.74, 6) is 1.05. The van der Waals surface area contributed by atoms with Gasteiger partial charge in [-0.15, -0.1) is 11.8 Å². The van der Waals surface area contributed by atoms with E-state index in [2.05, 4.69) is 46.4 Å². The first-order valence-electron chi connectivity index (χ1n) is 9.22. The van der Waals surface area contributed by atoms with Crippen molar-refractivity contribution >= 4 is 29.0 Å². The van der Waals surface area contributed by atoms with Gasteiger partial charge in [0.2, 0.25) is 5.91 Å². The summed E-state index contributed by atoms with van der Waals surface area (Å²) in [6.45, 7) is 4.31. The molecule has 2 aromatic carbocycles. The Morgan fingerprint density at radius 2 is 1.69 bits per heavy atom. The van der Waals surface area contributed by atoms with Crippen molar-refractivity contribution in [3.8, 4) is 0 Å². The van der Waals surface area contributed by atoms with Gasteiger partial charge < -0.3 is 15.1 Å². The van der Waals surface area contributed by atoms with Crippen LogP contribution in [0.1, 0.15) is 12.8 Å². The molecule has 2 aromatic rings. The second-order valence-electron chi connectivity index (χ2n) is 6.65. The van der Waals surface area contributed by atoms with E-state index in [1.54, 1.807) is 11.8 Å². The largest absolute Gasteiger partial charge is 0.369 e. The molecule has 1 heterocycles. The van der Waals surface area contributed by atoms with Crippen molar-refractivity contribution in [1.82, 2.24) is 4.90 Å². The number of benzene rings is 2. The van der Waals surface area contributed by atoms with Crippen LogP contribution in [-0.2, 0) is 4.79 Å². The fourth-order valence-corrected chi connectivity index (χ4v) is 3.86. The number of rotatable bonds is 7. The zero-order valence-corrected chi connectivity index (χ0v) is 16.2. The predicted octanol–water partition coefficient (Wildman–Crippen LogP) is 3.95. The minimum atomic E-state index is 0.0889. The third-order valence-electron chi connectivity index (χ3n) is 4.58. The van der Waals surface area contributed by atoms with E-state index in [1.165, 1.54) is 10.6 Å². The number of anilines is 2. The lowest BCUT2D eigenvalue weighted by molar-refractivity contribution is -0.116. The molecule has 5 heteroatoms. The summed E-state index contributed by atoms with van der Waals surface area (Å²) < 4.78 is 0. The molecule has 1 saturated heterocycles. The first kappa shape index (κ1) is 18.8. The summed E-state index contributed by atoms with van der Waals surface area (Å²) in [5, 5.41) is 3.00. The maximum Gasteiger partial charge on any atom is 0.224 e. The fraction of sp³-hybridized carbons (Fsp3) is 0.381. The van der Waals surface area contributed by atoms with Crippen molar-refractivity contribution < 1.29 is 4.79 Å². The molecule has 0 aromatic heterocycles. The van der Waals surface area contributed by atoms with Gasteiger partial charge in [-0.25, -0.2) is 0 Å². The molecule has 26 heavy (non-hydrogen) atoms. The molecular weight excluding hydrogens is 342 g/mol. The van der Waals surface area contributed by atoms with Crippen LogP contribution in [0.4, 0.5) is 11.4 Å². The van der Waals surface area contributed by atoms with Crippen LogP contribution in [0.2, 0.25) is 0 Å². The predicted molar refractivity (Wildman–Crippen MR) is 111 cm³/mol. The SMILES string of the molecule is CN1CCN(c2ccc(NC(=O)CCCSc3ccccc3)cc2)CC1. The zero-order chi connectivity index (χ0) is 18.2. The van der Waals surface area contributed by atoms with Gasteiger partial charge in [0.25, 0.3) is 0 Å². The summed E-state index contributed by atoms with van der Waals surface area (Å²) in [6.07, 6.45) is 1.44. The van der Waals surface area contributed by atoms with Crippen molar-refractivity contribution in [1.29, 1.82) is 0 Å². The quantitative estimate of drug-likeness (QED) is 0.592. The summed E-state index contributed by atoms with van der Waals surface area (Å²) in [4.78, 5) is 18.1. The molecule has 4 nitrogen and oxygen atoms in total. The van der Waals surface area contributed by atoms with Gasteiger partial charge >= 0.3 is 0 Å². The molecule has 0 unspecified atom stereocenters. The van der Waals surface area contributed by atoms with Gasteiger partial charge in [-0.05, 0) is 55.6 Å². The van der Waals surface area contributed by atoms with Crippen molar-refractivity contribution in [2.75, 3.05) is 49.2 Å². The number of piperazine rings is 1. The van der Waals surface area contributed by atoms with E-state index in [1.807, 2.05) is 30.3 Å². The highest BCUT2D eigenvalue weighted by Crippen LogP contribution is 2.20. The van der Waals surface area contributed by atoms with Gasteiger partial charge in [0.1, 0.15) is 0 Å². The van der Waals surface area contributed by atoms with Crippen LogP contribution in [0.3, 0.4) is 0 Å². The molecule has 138 valence electrons. The van der Waals surface area contributed by atoms with E-state index in [9.17, 15) is 4.79 Å². The van der Waals surface area contributed by atoms with Crippen LogP contribution >= 0.6 is 11.8 Å². The number of carbonyl (C=O) groups is 1. The first-order chi connectivity index (χ1) is 12.7. The number of nitrogens with one attached hydrogen (secondary N) is 1. The Hall–Kier alpha value is -1.98. The average molecular weight is 370 g/mol. The normalized spacial score (nSPS) is 15.0. The molecular formula is C21H27N3OS. The van der Waals surface area contributed by atoms with E-state index < -0.39 is 0 Å². The molecule has 0 saturated carbocycles. The molecule has 0 radical (unpaired) electrons. The summed E-state index contributed by atoms with van der Waals surface area (Å²) >= 11 is 1.80. The number of carbonyl (C=O) groups excluding carboxylic acids is 1. The molecule has 0 spiro atoms. The number of hydrogen-bond acceptors (Lipinski definition) is 4. The minimum Gasteiger partial charge on any atom is -0.369 e. The molecule has 1 aliphatic rings. The van der Waals surface area contributed by atoms with E-state index in [4.69, 9.17) is 0 Å². The molecule has 1 amide bonds. The van der Waals surface area contributed by atoms with E-state index in [-0.39, 0.29) is 5.91 Å². The molecule has 1 N–H and O–H groups in total. The van der Waals surface area contributed by atoms with Crippen molar-refractivity contribution in [2.45, 2.75) is 17.7 Å². The molecule has 3 rings (SSSR count). The molecule has 0 aliphatic carbocycles. The second kappa shape index (κ2) is 9.64. The highest BCUT2D eigenvalue weighted by atomic mass is 32.2. The fourth-order valence-electron chi connectivity index (χ4n) is 2.98. The summed E-state index contributed by atoms with van der Waals surface area (Å²) in [7, 11) is 2.16. The van der Waals surface area contributed by atoms with Gasteiger partial charge in [0.05, 0.1) is 0 Å². The molecule has 1 fully saturated rings. The topological polar surface area (TPSA) is 35.6 Å². The first-order valence-corrected chi connectivity index (χ1v) is 10.2. The standard InChI is InChI=1S/C21H27N3OS/c1-23-13-15-24(16-14-23)19-11-9-18(10-12-19)22-21(25)8-5-17-26-20-6-3-2-4-7-20/h2-4,6-7,9-12H,5,8,13-17H2,1H3,(H,22,25). The smallest absolute Gasteiger partial charge is 0.224 e. The van der Waals surface area contributed by atoms with Gasteiger partial charge in [0, 0.05) is 48.9 Å². The number of amides is 1. The van der Waals surface area contributed by atoms with Crippen LogP contribution in [0, 0.1) is 0 Å². The van der Waals surface area contributed by atoms with Gasteiger partial charge in [-0.2, -0.15) is 0 Å². The third-order valence-corrected chi connectivity index (χ3v) is 5.68. The van der Waals surface area contributed by atoms with Crippen LogP contribution in [0.25, 0.3) is 0 Å².